The zero-order chi connectivity index (χ0) is 11.6. The van der Waals surface area contributed by atoms with Crippen molar-refractivity contribution in [3.05, 3.63) is 32.9 Å². The van der Waals surface area contributed by atoms with Crippen LogP contribution in [0.5, 0.6) is 0 Å². The van der Waals surface area contributed by atoms with E-state index in [2.05, 4.69) is 0 Å². The van der Waals surface area contributed by atoms with Gasteiger partial charge in [0.1, 0.15) is 0 Å². The number of halogens is 4. The van der Waals surface area contributed by atoms with E-state index in [-0.39, 0.29) is 12.0 Å². The number of benzene rings is 1. The first-order valence-corrected chi connectivity index (χ1v) is 6.10. The molecule has 0 spiro atoms. The highest BCUT2D eigenvalue weighted by atomic mass is 127. The average Bonchev–Trinajstić information content (AvgIpc) is 2.05. The molecule has 0 radical (unpaired) electrons. The average molecular weight is 379 g/mol. The Morgan fingerprint density at radius 3 is 2.47 bits per heavy atom. The van der Waals surface area contributed by atoms with E-state index in [0.717, 1.165) is 5.56 Å². The van der Waals surface area contributed by atoms with Crippen molar-refractivity contribution in [1.82, 2.24) is 0 Å². The van der Waals surface area contributed by atoms with E-state index in [9.17, 15) is 4.79 Å². The Kier molecular flexibility index (Phi) is 4.52. The van der Waals surface area contributed by atoms with Crippen molar-refractivity contribution >= 4 is 63.4 Å². The lowest BCUT2D eigenvalue weighted by Crippen LogP contribution is -2.10. The minimum absolute atomic E-state index is 0.192. The lowest BCUT2D eigenvalue weighted by Gasteiger charge is -2.13. The summed E-state index contributed by atoms with van der Waals surface area (Å²) < 4.78 is -0.800. The molecule has 0 amide bonds. The van der Waals surface area contributed by atoms with E-state index >= 15 is 0 Å². The van der Waals surface area contributed by atoms with E-state index in [1.165, 1.54) is 6.07 Å². The van der Waals surface area contributed by atoms with Crippen molar-refractivity contribution in [2.45, 2.75) is 10.2 Å². The van der Waals surface area contributed by atoms with Gasteiger partial charge >= 0.3 is 5.97 Å². The van der Waals surface area contributed by atoms with Crippen LogP contribution in [0.25, 0.3) is 0 Å². The molecular formula is C9H6Cl3IO2. The van der Waals surface area contributed by atoms with Crippen LogP contribution in [0.3, 0.4) is 0 Å². The molecule has 0 saturated heterocycles. The molecular weight excluding hydrogens is 373 g/mol. The van der Waals surface area contributed by atoms with Gasteiger partial charge in [0.25, 0.3) is 0 Å². The van der Waals surface area contributed by atoms with Crippen molar-refractivity contribution in [3.8, 4) is 0 Å². The molecule has 0 fully saturated rings. The Hall–Kier alpha value is 0.290. The molecule has 0 atom stereocenters. The molecule has 15 heavy (non-hydrogen) atoms. The molecule has 0 aliphatic heterocycles. The Bertz CT molecular complexity index is 387. The number of hydrogen-bond donors (Lipinski definition) is 1. The maximum absolute atomic E-state index is 10.8. The molecule has 1 N–H and O–H groups in total. The fourth-order valence-electron chi connectivity index (χ4n) is 1.10. The van der Waals surface area contributed by atoms with E-state index < -0.39 is 9.76 Å². The number of aromatic carboxylic acids is 1. The van der Waals surface area contributed by atoms with Crippen molar-refractivity contribution in [1.29, 1.82) is 0 Å². The topological polar surface area (TPSA) is 37.3 Å². The van der Waals surface area contributed by atoms with Crippen LogP contribution in [0.1, 0.15) is 15.9 Å². The normalized spacial score (nSPS) is 11.5. The highest BCUT2D eigenvalue weighted by Gasteiger charge is 2.23. The van der Waals surface area contributed by atoms with Gasteiger partial charge in [0.05, 0.1) is 5.56 Å². The quantitative estimate of drug-likeness (QED) is 0.625. The van der Waals surface area contributed by atoms with Crippen molar-refractivity contribution < 1.29 is 9.90 Å². The number of rotatable bonds is 2. The van der Waals surface area contributed by atoms with Crippen molar-refractivity contribution in [2.24, 2.45) is 0 Å². The van der Waals surface area contributed by atoms with Gasteiger partial charge in [-0.15, -0.1) is 0 Å². The van der Waals surface area contributed by atoms with Gasteiger partial charge in [-0.05, 0) is 34.2 Å². The molecule has 1 aromatic carbocycles. The third kappa shape index (κ3) is 3.98. The predicted molar refractivity (Wildman–Crippen MR) is 70.1 cm³/mol. The monoisotopic (exact) mass is 378 g/mol. The molecule has 0 heterocycles. The summed E-state index contributed by atoms with van der Waals surface area (Å²) in [4.78, 5) is 10.8. The molecule has 0 aliphatic carbocycles. The molecule has 0 bridgehead atoms. The fourth-order valence-corrected chi connectivity index (χ4v) is 2.31. The number of carboxylic acid groups (broad SMARTS) is 1. The van der Waals surface area contributed by atoms with Crippen LogP contribution in [-0.2, 0) is 6.42 Å². The molecule has 1 rings (SSSR count). The molecule has 1 aromatic rings. The third-order valence-corrected chi connectivity index (χ3v) is 3.37. The summed E-state index contributed by atoms with van der Waals surface area (Å²) >= 11 is 18.9. The fraction of sp³-hybridized carbons (Fsp3) is 0.222. The van der Waals surface area contributed by atoms with Crippen LogP contribution in [0.2, 0.25) is 0 Å². The third-order valence-electron chi connectivity index (χ3n) is 1.70. The molecule has 82 valence electrons. The number of carboxylic acids is 1. The summed E-state index contributed by atoms with van der Waals surface area (Å²) in [5, 5.41) is 8.88. The Balaban J connectivity index is 3.10. The lowest BCUT2D eigenvalue weighted by molar-refractivity contribution is 0.0695. The number of carbonyl (C=O) groups is 1. The van der Waals surface area contributed by atoms with Gasteiger partial charge in [-0.1, -0.05) is 46.9 Å². The van der Waals surface area contributed by atoms with E-state index in [1.54, 1.807) is 12.1 Å². The summed E-state index contributed by atoms with van der Waals surface area (Å²) in [7, 11) is 0. The Labute approximate surface area is 116 Å². The van der Waals surface area contributed by atoms with Crippen LogP contribution in [-0.4, -0.2) is 14.9 Å². The van der Waals surface area contributed by atoms with Crippen LogP contribution >= 0.6 is 57.4 Å². The van der Waals surface area contributed by atoms with Gasteiger partial charge < -0.3 is 5.11 Å². The largest absolute Gasteiger partial charge is 0.478 e. The molecule has 0 aliphatic rings. The van der Waals surface area contributed by atoms with Gasteiger partial charge in [0.15, 0.2) is 3.79 Å². The zero-order valence-electron chi connectivity index (χ0n) is 7.31. The molecule has 6 heteroatoms. The summed E-state index contributed by atoms with van der Waals surface area (Å²) in [6, 6.07) is 4.90. The highest BCUT2D eigenvalue weighted by Crippen LogP contribution is 2.32. The second-order valence-corrected chi connectivity index (χ2v) is 6.47. The van der Waals surface area contributed by atoms with Gasteiger partial charge in [-0.25, -0.2) is 4.79 Å². The highest BCUT2D eigenvalue weighted by molar-refractivity contribution is 14.1. The van der Waals surface area contributed by atoms with Crippen molar-refractivity contribution in [2.75, 3.05) is 0 Å². The first kappa shape index (κ1) is 13.4. The van der Waals surface area contributed by atoms with Crippen LogP contribution < -0.4 is 0 Å². The van der Waals surface area contributed by atoms with Gasteiger partial charge in [-0.3, -0.25) is 0 Å². The van der Waals surface area contributed by atoms with Crippen molar-refractivity contribution in [3.63, 3.8) is 0 Å². The van der Waals surface area contributed by atoms with E-state index in [1.807, 2.05) is 22.6 Å². The minimum atomic E-state index is -1.41. The first-order valence-electron chi connectivity index (χ1n) is 3.88. The predicted octanol–water partition coefficient (Wildman–Crippen LogP) is 3.90. The summed E-state index contributed by atoms with van der Waals surface area (Å²) in [6.07, 6.45) is 0.192. The molecule has 0 unspecified atom stereocenters. The smallest absolute Gasteiger partial charge is 0.336 e. The van der Waals surface area contributed by atoms with Crippen LogP contribution in [0, 0.1) is 3.57 Å². The second-order valence-electron chi connectivity index (χ2n) is 2.88. The second kappa shape index (κ2) is 5.08. The van der Waals surface area contributed by atoms with Crippen LogP contribution in [0.4, 0.5) is 0 Å². The van der Waals surface area contributed by atoms with Gasteiger partial charge in [-0.2, -0.15) is 0 Å². The SMILES string of the molecule is O=C(O)c1cccc(CC(Cl)(Cl)Cl)c1I. The number of hydrogen-bond acceptors (Lipinski definition) is 1. The maximum Gasteiger partial charge on any atom is 0.336 e. The summed E-state index contributed by atoms with van der Waals surface area (Å²) in [5.74, 6) is -0.981. The molecule has 0 saturated carbocycles. The molecule has 2 nitrogen and oxygen atoms in total. The first-order chi connectivity index (χ1) is 6.81. The summed E-state index contributed by atoms with van der Waals surface area (Å²) in [6.45, 7) is 0. The zero-order valence-corrected chi connectivity index (χ0v) is 11.7. The Morgan fingerprint density at radius 1 is 1.40 bits per heavy atom. The minimum Gasteiger partial charge on any atom is -0.478 e. The van der Waals surface area contributed by atoms with Crippen LogP contribution in [0.15, 0.2) is 18.2 Å². The maximum atomic E-state index is 10.8. The lowest BCUT2D eigenvalue weighted by atomic mass is 10.1. The van der Waals surface area contributed by atoms with Gasteiger partial charge in [0.2, 0.25) is 0 Å². The Morgan fingerprint density at radius 2 is 2.00 bits per heavy atom. The van der Waals surface area contributed by atoms with Gasteiger partial charge in [0, 0.05) is 9.99 Å². The van der Waals surface area contributed by atoms with E-state index in [0.29, 0.717) is 3.57 Å². The summed E-state index contributed by atoms with van der Waals surface area (Å²) in [5.41, 5.74) is 0.942. The number of alkyl halides is 3. The standard InChI is InChI=1S/C9H6Cl3IO2/c10-9(11,12)4-5-2-1-3-6(7(5)13)8(14)15/h1-3H,4H2,(H,14,15). The molecule has 0 aromatic heterocycles. The van der Waals surface area contributed by atoms with E-state index in [4.69, 9.17) is 39.9 Å².